The summed E-state index contributed by atoms with van der Waals surface area (Å²) in [5.41, 5.74) is 0.735. The highest BCUT2D eigenvalue weighted by atomic mass is 32.2. The summed E-state index contributed by atoms with van der Waals surface area (Å²) < 4.78 is 51.1. The van der Waals surface area contributed by atoms with Gasteiger partial charge in [0, 0.05) is 6.07 Å². The predicted molar refractivity (Wildman–Crippen MR) is 91.5 cm³/mol. The summed E-state index contributed by atoms with van der Waals surface area (Å²) in [6.07, 6.45) is 0.891. The molecule has 1 amide bonds. The third-order valence-corrected chi connectivity index (χ3v) is 4.70. The van der Waals surface area contributed by atoms with Gasteiger partial charge >= 0.3 is 0 Å². The lowest BCUT2D eigenvalue weighted by Crippen LogP contribution is -2.41. The molecule has 8 heteroatoms. The fourth-order valence-electron chi connectivity index (χ4n) is 2.28. The SMILES string of the molecule is C[C@@H](NC(=O)CN(c1ccc(F)c(F)c1)S(C)(=O)=O)c1ccccc1. The maximum absolute atomic E-state index is 13.4. The number of carbonyl (C=O) groups is 1. The van der Waals surface area contributed by atoms with Gasteiger partial charge in [0.15, 0.2) is 11.6 Å². The lowest BCUT2D eigenvalue weighted by atomic mass is 10.1. The van der Waals surface area contributed by atoms with Crippen molar-refractivity contribution in [3.05, 3.63) is 65.7 Å². The molecule has 0 heterocycles. The number of nitrogens with zero attached hydrogens (tertiary/aromatic N) is 1. The third-order valence-electron chi connectivity index (χ3n) is 3.56. The molecule has 1 atom stereocenters. The second-order valence-electron chi connectivity index (χ2n) is 5.57. The van der Waals surface area contributed by atoms with E-state index in [4.69, 9.17) is 0 Å². The van der Waals surface area contributed by atoms with Gasteiger partial charge in [0.1, 0.15) is 6.54 Å². The highest BCUT2D eigenvalue weighted by Crippen LogP contribution is 2.20. The van der Waals surface area contributed by atoms with Gasteiger partial charge in [0.05, 0.1) is 18.0 Å². The molecule has 0 unspecified atom stereocenters. The van der Waals surface area contributed by atoms with Crippen LogP contribution in [0.5, 0.6) is 0 Å². The van der Waals surface area contributed by atoms with Crippen molar-refractivity contribution < 1.29 is 22.0 Å². The van der Waals surface area contributed by atoms with Crippen LogP contribution in [-0.2, 0) is 14.8 Å². The average molecular weight is 368 g/mol. The third kappa shape index (κ3) is 4.99. The Balaban J connectivity index is 2.17. The number of halogens is 2. The Labute approximate surface area is 145 Å². The number of nitrogens with one attached hydrogen (secondary N) is 1. The molecular formula is C17H18F2N2O3S. The fourth-order valence-corrected chi connectivity index (χ4v) is 3.13. The zero-order chi connectivity index (χ0) is 18.6. The Bertz CT molecular complexity index is 857. The standard InChI is InChI=1S/C17H18F2N2O3S/c1-12(13-6-4-3-5-7-13)20-17(22)11-21(25(2,23)24)14-8-9-15(18)16(19)10-14/h3-10,12H,11H2,1-2H3,(H,20,22)/t12-/m1/s1. The van der Waals surface area contributed by atoms with Crippen LogP contribution in [0.25, 0.3) is 0 Å². The van der Waals surface area contributed by atoms with Crippen LogP contribution in [0.15, 0.2) is 48.5 Å². The van der Waals surface area contributed by atoms with E-state index in [0.29, 0.717) is 0 Å². The van der Waals surface area contributed by atoms with Crippen molar-refractivity contribution in [1.82, 2.24) is 5.32 Å². The van der Waals surface area contributed by atoms with Gasteiger partial charge in [-0.15, -0.1) is 0 Å². The molecule has 2 rings (SSSR count). The number of amides is 1. The summed E-state index contributed by atoms with van der Waals surface area (Å²) in [6.45, 7) is 1.22. The van der Waals surface area contributed by atoms with Crippen molar-refractivity contribution in [2.24, 2.45) is 0 Å². The molecule has 0 fully saturated rings. The van der Waals surface area contributed by atoms with E-state index >= 15 is 0 Å². The van der Waals surface area contributed by atoms with Gasteiger partial charge in [-0.2, -0.15) is 0 Å². The summed E-state index contributed by atoms with van der Waals surface area (Å²) >= 11 is 0. The summed E-state index contributed by atoms with van der Waals surface area (Å²) in [4.78, 5) is 12.2. The molecule has 0 aliphatic heterocycles. The maximum Gasteiger partial charge on any atom is 0.241 e. The van der Waals surface area contributed by atoms with Crippen molar-refractivity contribution in [2.75, 3.05) is 17.1 Å². The summed E-state index contributed by atoms with van der Waals surface area (Å²) in [6, 6.07) is 11.5. The smallest absolute Gasteiger partial charge is 0.241 e. The Hall–Kier alpha value is -2.48. The topological polar surface area (TPSA) is 66.5 Å². The van der Waals surface area contributed by atoms with Crippen LogP contribution in [0.4, 0.5) is 14.5 Å². The molecule has 1 N–H and O–H groups in total. The predicted octanol–water partition coefficient (Wildman–Crippen LogP) is 2.61. The van der Waals surface area contributed by atoms with E-state index in [1.807, 2.05) is 30.3 Å². The van der Waals surface area contributed by atoms with Crippen LogP contribution in [-0.4, -0.2) is 27.1 Å². The van der Waals surface area contributed by atoms with Crippen molar-refractivity contribution in [2.45, 2.75) is 13.0 Å². The first-order valence-electron chi connectivity index (χ1n) is 7.45. The normalized spacial score (nSPS) is 12.5. The monoisotopic (exact) mass is 368 g/mol. The molecule has 0 saturated heterocycles. The number of anilines is 1. The number of hydrogen-bond acceptors (Lipinski definition) is 3. The average Bonchev–Trinajstić information content (AvgIpc) is 2.55. The molecule has 134 valence electrons. The molecule has 0 aromatic heterocycles. The second-order valence-corrected chi connectivity index (χ2v) is 7.47. The van der Waals surface area contributed by atoms with Crippen molar-refractivity contribution >= 4 is 21.6 Å². The van der Waals surface area contributed by atoms with Crippen LogP contribution in [0.1, 0.15) is 18.5 Å². The van der Waals surface area contributed by atoms with Gasteiger partial charge < -0.3 is 5.32 Å². The maximum atomic E-state index is 13.4. The number of rotatable bonds is 6. The fraction of sp³-hybridized carbons (Fsp3) is 0.235. The van der Waals surface area contributed by atoms with Gasteiger partial charge in [0.25, 0.3) is 0 Å². The van der Waals surface area contributed by atoms with E-state index in [1.54, 1.807) is 6.92 Å². The molecule has 2 aromatic carbocycles. The molecule has 2 aromatic rings. The Morgan fingerprint density at radius 2 is 1.76 bits per heavy atom. The number of carbonyl (C=O) groups excluding carboxylic acids is 1. The minimum Gasteiger partial charge on any atom is -0.348 e. The van der Waals surface area contributed by atoms with E-state index in [-0.39, 0.29) is 11.7 Å². The highest BCUT2D eigenvalue weighted by Gasteiger charge is 2.23. The first kappa shape index (κ1) is 18.9. The molecule has 0 spiro atoms. The van der Waals surface area contributed by atoms with Crippen LogP contribution in [0.3, 0.4) is 0 Å². The molecule has 0 aliphatic rings. The van der Waals surface area contributed by atoms with E-state index in [2.05, 4.69) is 5.32 Å². The largest absolute Gasteiger partial charge is 0.348 e. The van der Waals surface area contributed by atoms with E-state index in [0.717, 1.165) is 34.3 Å². The van der Waals surface area contributed by atoms with Crippen LogP contribution in [0, 0.1) is 11.6 Å². The Kier molecular flexibility index (Phi) is 5.73. The quantitative estimate of drug-likeness (QED) is 0.852. The lowest BCUT2D eigenvalue weighted by molar-refractivity contribution is -0.120. The van der Waals surface area contributed by atoms with Gasteiger partial charge in [-0.25, -0.2) is 17.2 Å². The Morgan fingerprint density at radius 3 is 2.32 bits per heavy atom. The first-order valence-corrected chi connectivity index (χ1v) is 9.30. The molecule has 5 nitrogen and oxygen atoms in total. The minimum atomic E-state index is -3.86. The minimum absolute atomic E-state index is 0.121. The van der Waals surface area contributed by atoms with Crippen molar-refractivity contribution in [3.63, 3.8) is 0 Å². The summed E-state index contributed by atoms with van der Waals surface area (Å²) in [5.74, 6) is -2.85. The van der Waals surface area contributed by atoms with Gasteiger partial charge in [-0.3, -0.25) is 9.10 Å². The van der Waals surface area contributed by atoms with Gasteiger partial charge in [0.2, 0.25) is 15.9 Å². The van der Waals surface area contributed by atoms with Gasteiger partial charge in [-0.1, -0.05) is 30.3 Å². The zero-order valence-electron chi connectivity index (χ0n) is 13.7. The highest BCUT2D eigenvalue weighted by molar-refractivity contribution is 7.92. The number of benzene rings is 2. The van der Waals surface area contributed by atoms with Crippen LogP contribution >= 0.6 is 0 Å². The van der Waals surface area contributed by atoms with E-state index < -0.39 is 34.1 Å². The van der Waals surface area contributed by atoms with Crippen LogP contribution < -0.4 is 9.62 Å². The van der Waals surface area contributed by atoms with E-state index in [9.17, 15) is 22.0 Å². The molecule has 0 saturated carbocycles. The molecule has 0 aliphatic carbocycles. The Morgan fingerprint density at radius 1 is 1.12 bits per heavy atom. The van der Waals surface area contributed by atoms with Crippen LogP contribution in [0.2, 0.25) is 0 Å². The number of sulfonamides is 1. The summed E-state index contributed by atoms with van der Waals surface area (Å²) in [5, 5.41) is 2.68. The lowest BCUT2D eigenvalue weighted by Gasteiger charge is -2.23. The molecular weight excluding hydrogens is 350 g/mol. The van der Waals surface area contributed by atoms with Crippen molar-refractivity contribution in [3.8, 4) is 0 Å². The van der Waals surface area contributed by atoms with Gasteiger partial charge in [-0.05, 0) is 24.6 Å². The zero-order valence-corrected chi connectivity index (χ0v) is 14.6. The molecule has 25 heavy (non-hydrogen) atoms. The first-order chi connectivity index (χ1) is 11.7. The molecule has 0 radical (unpaired) electrons. The number of hydrogen-bond donors (Lipinski definition) is 1. The van der Waals surface area contributed by atoms with E-state index in [1.165, 1.54) is 0 Å². The molecule has 0 bridgehead atoms. The van der Waals surface area contributed by atoms with Crippen molar-refractivity contribution in [1.29, 1.82) is 0 Å². The summed E-state index contributed by atoms with van der Waals surface area (Å²) in [7, 11) is -3.86. The second kappa shape index (κ2) is 7.60.